The Hall–Kier alpha value is -1.94. The third-order valence-electron chi connectivity index (χ3n) is 4.17. The van der Waals surface area contributed by atoms with Crippen LogP contribution in [0.25, 0.3) is 10.9 Å². The molecule has 0 radical (unpaired) electrons. The first-order valence-corrected chi connectivity index (χ1v) is 7.56. The molecule has 0 N–H and O–H groups in total. The van der Waals surface area contributed by atoms with Gasteiger partial charge in [0.15, 0.2) is 6.29 Å². The molecule has 110 valence electrons. The van der Waals surface area contributed by atoms with Gasteiger partial charge in [0.1, 0.15) is 5.82 Å². The summed E-state index contributed by atoms with van der Waals surface area (Å²) in [6.07, 6.45) is 3.51. The fourth-order valence-corrected chi connectivity index (χ4v) is 2.92. The van der Waals surface area contributed by atoms with Crippen LogP contribution in [0.2, 0.25) is 0 Å². The minimum Gasteiger partial charge on any atom is -0.358 e. The summed E-state index contributed by atoms with van der Waals surface area (Å²) >= 11 is 0. The molecule has 1 aromatic heterocycles. The molecule has 1 aliphatic heterocycles. The van der Waals surface area contributed by atoms with Crippen molar-refractivity contribution in [3.63, 3.8) is 0 Å². The molecule has 2 aromatic rings. The van der Waals surface area contributed by atoms with Gasteiger partial charge in [0.25, 0.3) is 0 Å². The van der Waals surface area contributed by atoms with Gasteiger partial charge in [0.05, 0.1) is 11.1 Å². The van der Waals surface area contributed by atoms with E-state index in [4.69, 9.17) is 0 Å². The second-order valence-corrected chi connectivity index (χ2v) is 5.68. The van der Waals surface area contributed by atoms with E-state index >= 15 is 0 Å². The molecule has 1 saturated heterocycles. The number of fused-ring (bicyclic) bond motifs is 1. The van der Waals surface area contributed by atoms with Gasteiger partial charge < -0.3 is 9.80 Å². The number of anilines is 1. The van der Waals surface area contributed by atoms with E-state index in [9.17, 15) is 4.79 Å². The van der Waals surface area contributed by atoms with Crippen LogP contribution in [0.4, 0.5) is 5.82 Å². The molecule has 0 amide bonds. The van der Waals surface area contributed by atoms with Gasteiger partial charge in [0, 0.05) is 25.5 Å². The lowest BCUT2D eigenvalue weighted by Crippen LogP contribution is -2.32. The minimum absolute atomic E-state index is 0.664. The molecule has 3 rings (SSSR count). The Labute approximate surface area is 125 Å². The number of rotatable bonds is 5. The van der Waals surface area contributed by atoms with E-state index in [0.29, 0.717) is 5.56 Å². The van der Waals surface area contributed by atoms with Crippen LogP contribution in [0.5, 0.6) is 0 Å². The van der Waals surface area contributed by atoms with Crippen molar-refractivity contribution in [2.24, 2.45) is 0 Å². The first kappa shape index (κ1) is 14.0. The van der Waals surface area contributed by atoms with Crippen molar-refractivity contribution in [3.8, 4) is 0 Å². The third kappa shape index (κ3) is 3.05. The molecule has 4 heteroatoms. The standard InChI is InChI=1S/C17H21N3O/c1-19(10-11-20-8-4-5-9-20)17-15(13-21)12-14-6-2-3-7-16(14)18-17/h2-3,6-7,12-13H,4-5,8-11H2,1H3. The number of aromatic nitrogens is 1. The van der Waals surface area contributed by atoms with Crippen molar-refractivity contribution in [3.05, 3.63) is 35.9 Å². The van der Waals surface area contributed by atoms with Crippen LogP contribution in [0, 0.1) is 0 Å². The van der Waals surface area contributed by atoms with Gasteiger partial charge in [-0.3, -0.25) is 4.79 Å². The molecule has 1 aromatic carbocycles. The van der Waals surface area contributed by atoms with Crippen LogP contribution in [-0.2, 0) is 0 Å². The summed E-state index contributed by atoms with van der Waals surface area (Å²) in [5.74, 6) is 0.780. The number of aldehydes is 1. The Morgan fingerprint density at radius 2 is 2.05 bits per heavy atom. The summed E-state index contributed by atoms with van der Waals surface area (Å²) in [5, 5.41) is 1.01. The van der Waals surface area contributed by atoms with Gasteiger partial charge >= 0.3 is 0 Å². The SMILES string of the molecule is CN(CCN1CCCC1)c1nc2ccccc2cc1C=O. The highest BCUT2D eigenvalue weighted by Crippen LogP contribution is 2.21. The van der Waals surface area contributed by atoms with E-state index in [1.807, 2.05) is 37.4 Å². The van der Waals surface area contributed by atoms with Gasteiger partial charge in [-0.05, 0) is 38.1 Å². The average molecular weight is 283 g/mol. The summed E-state index contributed by atoms with van der Waals surface area (Å²) in [7, 11) is 2.01. The number of carbonyl (C=O) groups is 1. The maximum Gasteiger partial charge on any atom is 0.153 e. The molecule has 0 bridgehead atoms. The van der Waals surface area contributed by atoms with E-state index in [1.54, 1.807) is 0 Å². The van der Waals surface area contributed by atoms with Crippen LogP contribution >= 0.6 is 0 Å². The lowest BCUT2D eigenvalue weighted by molar-refractivity contribution is 0.112. The van der Waals surface area contributed by atoms with Crippen molar-refractivity contribution in [2.75, 3.05) is 38.1 Å². The molecule has 0 unspecified atom stereocenters. The maximum atomic E-state index is 11.4. The van der Waals surface area contributed by atoms with Crippen molar-refractivity contribution in [1.82, 2.24) is 9.88 Å². The number of nitrogens with zero attached hydrogens (tertiary/aromatic N) is 3. The molecular formula is C17H21N3O. The van der Waals surface area contributed by atoms with Gasteiger partial charge in [-0.15, -0.1) is 0 Å². The van der Waals surface area contributed by atoms with Gasteiger partial charge in [-0.2, -0.15) is 0 Å². The van der Waals surface area contributed by atoms with Crippen LogP contribution in [0.1, 0.15) is 23.2 Å². The lowest BCUT2D eigenvalue weighted by Gasteiger charge is -2.23. The lowest BCUT2D eigenvalue weighted by atomic mass is 10.1. The fourth-order valence-electron chi connectivity index (χ4n) is 2.92. The van der Waals surface area contributed by atoms with Gasteiger partial charge in [-0.1, -0.05) is 18.2 Å². The minimum atomic E-state index is 0.664. The van der Waals surface area contributed by atoms with Gasteiger partial charge in [0.2, 0.25) is 0 Å². The molecular weight excluding hydrogens is 262 g/mol. The Morgan fingerprint density at radius 1 is 1.29 bits per heavy atom. The van der Waals surface area contributed by atoms with E-state index in [-0.39, 0.29) is 0 Å². The second kappa shape index (κ2) is 6.22. The Balaban J connectivity index is 1.81. The predicted molar refractivity (Wildman–Crippen MR) is 86.1 cm³/mol. The summed E-state index contributed by atoms with van der Waals surface area (Å²) in [6.45, 7) is 4.31. The number of hydrogen-bond donors (Lipinski definition) is 0. The quantitative estimate of drug-likeness (QED) is 0.790. The number of likely N-dealkylation sites (tertiary alicyclic amines) is 1. The topological polar surface area (TPSA) is 36.4 Å². The maximum absolute atomic E-state index is 11.4. The largest absolute Gasteiger partial charge is 0.358 e. The van der Waals surface area contributed by atoms with E-state index in [0.717, 1.165) is 36.1 Å². The summed E-state index contributed by atoms with van der Waals surface area (Å²) in [4.78, 5) is 20.6. The smallest absolute Gasteiger partial charge is 0.153 e. The number of para-hydroxylation sites is 1. The highest BCUT2D eigenvalue weighted by molar-refractivity contribution is 5.91. The van der Waals surface area contributed by atoms with Crippen molar-refractivity contribution in [1.29, 1.82) is 0 Å². The van der Waals surface area contributed by atoms with Crippen LogP contribution < -0.4 is 4.90 Å². The molecule has 4 nitrogen and oxygen atoms in total. The van der Waals surface area contributed by atoms with Crippen molar-refractivity contribution in [2.45, 2.75) is 12.8 Å². The molecule has 0 spiro atoms. The number of carbonyl (C=O) groups excluding carboxylic acids is 1. The van der Waals surface area contributed by atoms with Crippen LogP contribution in [-0.4, -0.2) is 49.4 Å². The zero-order chi connectivity index (χ0) is 14.7. The van der Waals surface area contributed by atoms with Crippen molar-refractivity contribution >= 4 is 23.0 Å². The average Bonchev–Trinajstić information content (AvgIpc) is 3.04. The van der Waals surface area contributed by atoms with E-state index in [2.05, 4.69) is 14.8 Å². The number of hydrogen-bond acceptors (Lipinski definition) is 4. The first-order chi connectivity index (χ1) is 10.3. The molecule has 1 fully saturated rings. The predicted octanol–water partition coefficient (Wildman–Crippen LogP) is 2.58. The molecule has 2 heterocycles. The highest BCUT2D eigenvalue weighted by atomic mass is 16.1. The van der Waals surface area contributed by atoms with Gasteiger partial charge in [-0.25, -0.2) is 4.98 Å². The molecule has 21 heavy (non-hydrogen) atoms. The first-order valence-electron chi connectivity index (χ1n) is 7.56. The summed E-state index contributed by atoms with van der Waals surface area (Å²) in [5.41, 5.74) is 1.60. The Morgan fingerprint density at radius 3 is 2.81 bits per heavy atom. The van der Waals surface area contributed by atoms with E-state index in [1.165, 1.54) is 25.9 Å². The molecule has 0 atom stereocenters. The Bertz CT molecular complexity index is 635. The zero-order valence-electron chi connectivity index (χ0n) is 12.5. The monoisotopic (exact) mass is 283 g/mol. The summed E-state index contributed by atoms with van der Waals surface area (Å²) < 4.78 is 0. The normalized spacial score (nSPS) is 15.5. The fraction of sp³-hybridized carbons (Fsp3) is 0.412. The molecule has 0 saturated carbocycles. The number of pyridine rings is 1. The number of benzene rings is 1. The second-order valence-electron chi connectivity index (χ2n) is 5.68. The van der Waals surface area contributed by atoms with Crippen molar-refractivity contribution < 1.29 is 4.79 Å². The van der Waals surface area contributed by atoms with E-state index < -0.39 is 0 Å². The van der Waals surface area contributed by atoms with Crippen LogP contribution in [0.15, 0.2) is 30.3 Å². The van der Waals surface area contributed by atoms with Crippen LogP contribution in [0.3, 0.4) is 0 Å². The number of likely N-dealkylation sites (N-methyl/N-ethyl adjacent to an activating group) is 1. The third-order valence-corrected chi connectivity index (χ3v) is 4.17. The summed E-state index contributed by atoms with van der Waals surface area (Å²) in [6, 6.07) is 9.85. The molecule has 1 aliphatic rings. The Kier molecular flexibility index (Phi) is 4.15. The zero-order valence-corrected chi connectivity index (χ0v) is 12.5. The highest BCUT2D eigenvalue weighted by Gasteiger charge is 2.14. The molecule has 0 aliphatic carbocycles.